The van der Waals surface area contributed by atoms with Gasteiger partial charge in [-0.25, -0.2) is 0 Å². The van der Waals surface area contributed by atoms with Gasteiger partial charge in [0.15, 0.2) is 23.0 Å². The number of ether oxygens (including phenoxy) is 6. The number of aliphatic hydroxyl groups excluding tert-OH is 1. The minimum atomic E-state index is -0.542. The van der Waals surface area contributed by atoms with E-state index in [0.29, 0.717) is 40.9 Å². The van der Waals surface area contributed by atoms with Crippen LogP contribution in [0, 0.1) is 0 Å². The molecule has 7 heteroatoms. The van der Waals surface area contributed by atoms with Crippen molar-refractivity contribution in [2.24, 2.45) is 0 Å². The van der Waals surface area contributed by atoms with Crippen LogP contribution in [0.15, 0.2) is 24.3 Å². The molecule has 0 bridgehead atoms. The molecule has 1 heterocycles. The van der Waals surface area contributed by atoms with E-state index in [1.165, 1.54) is 0 Å². The Kier molecular flexibility index (Phi) is 6.04. The summed E-state index contributed by atoms with van der Waals surface area (Å²) < 4.78 is 33.0. The summed E-state index contributed by atoms with van der Waals surface area (Å²) in [5.74, 6) is 3.36. The van der Waals surface area contributed by atoms with Crippen molar-refractivity contribution in [2.45, 2.75) is 25.4 Å². The molecular formula is C21H26O7. The van der Waals surface area contributed by atoms with Crippen molar-refractivity contribution in [3.8, 4) is 34.5 Å². The number of aliphatic hydroxyl groups is 1. The molecule has 152 valence electrons. The number of benzene rings is 2. The van der Waals surface area contributed by atoms with Crippen molar-refractivity contribution in [3.63, 3.8) is 0 Å². The van der Waals surface area contributed by atoms with Gasteiger partial charge in [-0.1, -0.05) is 0 Å². The third-order valence-electron chi connectivity index (χ3n) is 4.77. The lowest BCUT2D eigenvalue weighted by molar-refractivity contribution is 0.173. The van der Waals surface area contributed by atoms with Gasteiger partial charge in [-0.15, -0.1) is 0 Å². The van der Waals surface area contributed by atoms with Crippen molar-refractivity contribution in [1.82, 2.24) is 0 Å². The molecule has 3 rings (SSSR count). The van der Waals surface area contributed by atoms with Crippen LogP contribution in [-0.2, 0) is 0 Å². The molecule has 0 saturated carbocycles. The van der Waals surface area contributed by atoms with E-state index in [-0.39, 0.29) is 12.7 Å². The van der Waals surface area contributed by atoms with Crippen molar-refractivity contribution in [2.75, 3.05) is 35.2 Å². The third-order valence-corrected chi connectivity index (χ3v) is 4.77. The smallest absolute Gasteiger partial charge is 0.231 e. The highest BCUT2D eigenvalue weighted by Gasteiger charge is 2.27. The fourth-order valence-corrected chi connectivity index (χ4v) is 3.47. The first-order chi connectivity index (χ1) is 13.5. The summed E-state index contributed by atoms with van der Waals surface area (Å²) in [6.45, 7) is 1.93. The molecule has 0 aliphatic carbocycles. The average Bonchev–Trinajstić information content (AvgIpc) is 3.17. The van der Waals surface area contributed by atoms with Crippen LogP contribution in [0.1, 0.15) is 30.4 Å². The van der Waals surface area contributed by atoms with Gasteiger partial charge in [-0.05, 0) is 37.1 Å². The normalized spacial score (nSPS) is 14.4. The standard InChI is InChI=1S/C21H26O7/c1-12(22)6-14(13-7-19(24-3)21(26-5)20(8-13)25-4)15-9-17-18(28-11-27-17)10-16(15)23-2/h7-10,12,14,22H,6,11H2,1-5H3/t12-,14-/m0/s1. The molecule has 0 spiro atoms. The van der Waals surface area contributed by atoms with Gasteiger partial charge in [0, 0.05) is 17.5 Å². The minimum absolute atomic E-state index is 0.174. The monoisotopic (exact) mass is 390 g/mol. The Morgan fingerprint density at radius 2 is 1.43 bits per heavy atom. The van der Waals surface area contributed by atoms with Crippen LogP contribution < -0.4 is 28.4 Å². The van der Waals surface area contributed by atoms with E-state index in [1.807, 2.05) is 24.3 Å². The maximum Gasteiger partial charge on any atom is 0.231 e. The number of fused-ring (bicyclic) bond motifs is 1. The first kappa shape index (κ1) is 19.9. The van der Waals surface area contributed by atoms with Crippen LogP contribution in [0.25, 0.3) is 0 Å². The summed E-state index contributed by atoms with van der Waals surface area (Å²) in [6, 6.07) is 7.49. The SMILES string of the molecule is COc1cc2c(cc1[C@@H](C[C@H](C)O)c1cc(OC)c(OC)c(OC)c1)OCO2. The molecule has 7 nitrogen and oxygen atoms in total. The van der Waals surface area contributed by atoms with Gasteiger partial charge in [0.1, 0.15) is 5.75 Å². The highest BCUT2D eigenvalue weighted by atomic mass is 16.7. The topological polar surface area (TPSA) is 75.6 Å². The lowest BCUT2D eigenvalue weighted by atomic mass is 9.85. The summed E-state index contributed by atoms with van der Waals surface area (Å²) in [7, 11) is 6.32. The number of methoxy groups -OCH3 is 4. The molecule has 1 aliphatic heterocycles. The number of hydrogen-bond acceptors (Lipinski definition) is 7. The highest BCUT2D eigenvalue weighted by Crippen LogP contribution is 2.47. The van der Waals surface area contributed by atoms with Crippen LogP contribution in [0.5, 0.6) is 34.5 Å². The molecule has 28 heavy (non-hydrogen) atoms. The van der Waals surface area contributed by atoms with E-state index in [1.54, 1.807) is 35.4 Å². The van der Waals surface area contributed by atoms with Crippen LogP contribution in [0.2, 0.25) is 0 Å². The summed E-state index contributed by atoms with van der Waals surface area (Å²) >= 11 is 0. The van der Waals surface area contributed by atoms with Crippen LogP contribution >= 0.6 is 0 Å². The molecule has 1 aliphatic rings. The van der Waals surface area contributed by atoms with Crippen LogP contribution in [0.4, 0.5) is 0 Å². The van der Waals surface area contributed by atoms with E-state index in [4.69, 9.17) is 28.4 Å². The first-order valence-corrected chi connectivity index (χ1v) is 8.97. The maximum absolute atomic E-state index is 10.2. The second-order valence-electron chi connectivity index (χ2n) is 6.54. The Morgan fingerprint density at radius 1 is 0.857 bits per heavy atom. The Bertz CT molecular complexity index is 807. The maximum atomic E-state index is 10.2. The Labute approximate surface area is 164 Å². The van der Waals surface area contributed by atoms with Crippen molar-refractivity contribution in [1.29, 1.82) is 0 Å². The Balaban J connectivity index is 2.17. The quantitative estimate of drug-likeness (QED) is 0.741. The second-order valence-corrected chi connectivity index (χ2v) is 6.54. The third kappa shape index (κ3) is 3.75. The van der Waals surface area contributed by atoms with E-state index < -0.39 is 6.10 Å². The zero-order valence-corrected chi connectivity index (χ0v) is 16.8. The van der Waals surface area contributed by atoms with E-state index in [2.05, 4.69) is 0 Å². The zero-order chi connectivity index (χ0) is 20.3. The molecule has 0 aromatic heterocycles. The number of hydrogen-bond donors (Lipinski definition) is 1. The predicted octanol–water partition coefficient (Wildman–Crippen LogP) is 3.35. The van der Waals surface area contributed by atoms with Gasteiger partial charge in [0.2, 0.25) is 12.5 Å². The molecule has 1 N–H and O–H groups in total. The van der Waals surface area contributed by atoms with Gasteiger partial charge < -0.3 is 33.5 Å². The highest BCUT2D eigenvalue weighted by molar-refractivity contribution is 5.59. The molecule has 2 atom stereocenters. The average molecular weight is 390 g/mol. The summed E-state index contributed by atoms with van der Waals surface area (Å²) in [4.78, 5) is 0. The van der Waals surface area contributed by atoms with Crippen LogP contribution in [0.3, 0.4) is 0 Å². The second kappa shape index (κ2) is 8.48. The van der Waals surface area contributed by atoms with Crippen molar-refractivity contribution >= 4 is 0 Å². The van der Waals surface area contributed by atoms with Gasteiger partial charge in [0.25, 0.3) is 0 Å². The van der Waals surface area contributed by atoms with Gasteiger partial charge in [0.05, 0.1) is 34.5 Å². The first-order valence-electron chi connectivity index (χ1n) is 8.97. The van der Waals surface area contributed by atoms with Gasteiger partial charge >= 0.3 is 0 Å². The van der Waals surface area contributed by atoms with E-state index >= 15 is 0 Å². The Morgan fingerprint density at radius 3 is 1.93 bits per heavy atom. The number of rotatable bonds is 8. The summed E-state index contributed by atoms with van der Waals surface area (Å²) in [6.07, 6.45) is -0.0755. The lowest BCUT2D eigenvalue weighted by Crippen LogP contribution is -2.12. The van der Waals surface area contributed by atoms with Crippen molar-refractivity contribution < 1.29 is 33.5 Å². The fraction of sp³-hybridized carbons (Fsp3) is 0.429. The molecule has 2 aromatic rings. The minimum Gasteiger partial charge on any atom is -0.496 e. The zero-order valence-electron chi connectivity index (χ0n) is 16.8. The fourth-order valence-electron chi connectivity index (χ4n) is 3.47. The van der Waals surface area contributed by atoms with Crippen molar-refractivity contribution in [3.05, 3.63) is 35.4 Å². The molecule has 2 aromatic carbocycles. The predicted molar refractivity (Wildman–Crippen MR) is 103 cm³/mol. The molecular weight excluding hydrogens is 364 g/mol. The summed E-state index contributed by atoms with van der Waals surface area (Å²) in [5.41, 5.74) is 1.77. The van der Waals surface area contributed by atoms with Crippen LogP contribution in [-0.4, -0.2) is 46.4 Å². The van der Waals surface area contributed by atoms with E-state index in [9.17, 15) is 5.11 Å². The molecule has 0 fully saturated rings. The van der Waals surface area contributed by atoms with E-state index in [0.717, 1.165) is 11.1 Å². The van der Waals surface area contributed by atoms with Gasteiger partial charge in [-0.3, -0.25) is 0 Å². The van der Waals surface area contributed by atoms with Gasteiger partial charge in [-0.2, -0.15) is 0 Å². The Hall–Kier alpha value is -2.80. The molecule has 0 unspecified atom stereocenters. The molecule has 0 amide bonds. The lowest BCUT2D eigenvalue weighted by Gasteiger charge is -2.24. The summed E-state index contributed by atoms with van der Waals surface area (Å²) in [5, 5.41) is 10.2. The molecule has 0 radical (unpaired) electrons. The largest absolute Gasteiger partial charge is 0.496 e. The molecule has 0 saturated heterocycles.